The Bertz CT molecular complexity index is 982. The highest BCUT2D eigenvalue weighted by molar-refractivity contribution is 7.99. The van der Waals surface area contributed by atoms with Crippen molar-refractivity contribution in [3.8, 4) is 0 Å². The number of hydrogen-bond donors (Lipinski definition) is 1. The second kappa shape index (κ2) is 9.74. The molecule has 150 valence electrons. The monoisotopic (exact) mass is 414 g/mol. The van der Waals surface area contributed by atoms with Gasteiger partial charge in [0, 0.05) is 5.69 Å². The number of carbonyl (C=O) groups excluding carboxylic acids is 3. The summed E-state index contributed by atoms with van der Waals surface area (Å²) >= 11 is 1.09. The first-order chi connectivity index (χ1) is 14.0. The molecule has 0 saturated carbocycles. The molecular formula is C20H18N2O6S. The van der Waals surface area contributed by atoms with Gasteiger partial charge < -0.3 is 19.2 Å². The van der Waals surface area contributed by atoms with Gasteiger partial charge in [-0.25, -0.2) is 9.78 Å². The number of para-hydroxylation sites is 2. The number of fused-ring (bicyclic) bond motifs is 1. The lowest BCUT2D eigenvalue weighted by Crippen LogP contribution is -2.21. The number of rotatable bonds is 8. The molecule has 0 spiro atoms. The minimum absolute atomic E-state index is 0.0334. The number of anilines is 1. The molecule has 0 aliphatic rings. The van der Waals surface area contributed by atoms with Gasteiger partial charge in [0.25, 0.3) is 11.1 Å². The molecule has 8 nitrogen and oxygen atoms in total. The summed E-state index contributed by atoms with van der Waals surface area (Å²) in [4.78, 5) is 39.6. The Labute approximate surface area is 170 Å². The summed E-state index contributed by atoms with van der Waals surface area (Å²) in [5.74, 6) is -1.52. The largest absolute Gasteiger partial charge is 0.462 e. The van der Waals surface area contributed by atoms with Gasteiger partial charge in [-0.3, -0.25) is 9.59 Å². The van der Waals surface area contributed by atoms with E-state index < -0.39 is 24.5 Å². The highest BCUT2D eigenvalue weighted by Crippen LogP contribution is 2.23. The van der Waals surface area contributed by atoms with E-state index in [1.54, 1.807) is 25.1 Å². The van der Waals surface area contributed by atoms with E-state index >= 15 is 0 Å². The lowest BCUT2D eigenvalue weighted by atomic mass is 10.2. The number of carbonyl (C=O) groups is 3. The van der Waals surface area contributed by atoms with Crippen LogP contribution in [0.25, 0.3) is 11.1 Å². The number of ether oxygens (including phenoxy) is 2. The maximum absolute atomic E-state index is 11.9. The summed E-state index contributed by atoms with van der Waals surface area (Å²) in [5, 5.41) is 2.94. The standard InChI is InChI=1S/C20H18N2O6S/c1-2-26-19(25)13-7-9-14(10-8-13)21-17(23)11-27-18(24)12-29-20-22-15-5-3-4-6-16(15)28-20/h3-10H,2,11-12H2,1H3,(H,21,23). The molecule has 0 unspecified atom stereocenters. The molecule has 1 amide bonds. The maximum Gasteiger partial charge on any atom is 0.338 e. The molecule has 0 aliphatic carbocycles. The van der Waals surface area contributed by atoms with Gasteiger partial charge in [-0.15, -0.1) is 0 Å². The van der Waals surface area contributed by atoms with Crippen LogP contribution in [-0.4, -0.2) is 41.8 Å². The first-order valence-corrected chi connectivity index (χ1v) is 9.74. The number of nitrogens with one attached hydrogen (secondary N) is 1. The number of amides is 1. The van der Waals surface area contributed by atoms with Crippen molar-refractivity contribution in [3.05, 3.63) is 54.1 Å². The average molecular weight is 414 g/mol. The summed E-state index contributed by atoms with van der Waals surface area (Å²) in [6.45, 7) is 1.58. The van der Waals surface area contributed by atoms with E-state index in [0.717, 1.165) is 11.8 Å². The van der Waals surface area contributed by atoms with Crippen LogP contribution in [0.4, 0.5) is 5.69 Å². The maximum atomic E-state index is 11.9. The van der Waals surface area contributed by atoms with Gasteiger partial charge >= 0.3 is 11.9 Å². The summed E-state index contributed by atoms with van der Waals surface area (Å²) in [6, 6.07) is 13.5. The number of hydrogen-bond acceptors (Lipinski definition) is 8. The Balaban J connectivity index is 1.41. The fourth-order valence-corrected chi connectivity index (χ4v) is 2.96. The number of benzene rings is 2. The summed E-state index contributed by atoms with van der Waals surface area (Å²) in [5.41, 5.74) is 2.20. The molecule has 1 heterocycles. The summed E-state index contributed by atoms with van der Waals surface area (Å²) in [7, 11) is 0. The second-order valence-electron chi connectivity index (χ2n) is 5.74. The van der Waals surface area contributed by atoms with Crippen LogP contribution in [0.1, 0.15) is 17.3 Å². The van der Waals surface area contributed by atoms with E-state index in [0.29, 0.717) is 27.6 Å². The van der Waals surface area contributed by atoms with Crippen molar-refractivity contribution in [2.45, 2.75) is 12.1 Å². The Morgan fingerprint density at radius 3 is 2.55 bits per heavy atom. The Hall–Kier alpha value is -3.33. The fraction of sp³-hybridized carbons (Fsp3) is 0.200. The summed E-state index contributed by atoms with van der Waals surface area (Å²) in [6.07, 6.45) is 0. The second-order valence-corrected chi connectivity index (χ2v) is 6.67. The molecule has 1 aromatic heterocycles. The average Bonchev–Trinajstić information content (AvgIpc) is 3.14. The van der Waals surface area contributed by atoms with Gasteiger partial charge in [0.1, 0.15) is 11.3 Å². The van der Waals surface area contributed by atoms with Crippen LogP contribution in [0.3, 0.4) is 0 Å². The number of nitrogens with zero attached hydrogens (tertiary/aromatic N) is 1. The molecular weight excluding hydrogens is 396 g/mol. The quantitative estimate of drug-likeness (QED) is 0.442. The van der Waals surface area contributed by atoms with Crippen molar-refractivity contribution in [2.24, 2.45) is 0 Å². The SMILES string of the molecule is CCOC(=O)c1ccc(NC(=O)COC(=O)CSc2nc3ccccc3o2)cc1. The van der Waals surface area contributed by atoms with Gasteiger partial charge in [0.2, 0.25) is 0 Å². The van der Waals surface area contributed by atoms with Crippen LogP contribution >= 0.6 is 11.8 Å². The molecule has 0 fully saturated rings. The molecule has 0 bridgehead atoms. The van der Waals surface area contributed by atoms with Crippen LogP contribution in [-0.2, 0) is 19.1 Å². The smallest absolute Gasteiger partial charge is 0.338 e. The molecule has 0 radical (unpaired) electrons. The van der Waals surface area contributed by atoms with Gasteiger partial charge in [-0.05, 0) is 43.3 Å². The Morgan fingerprint density at radius 2 is 1.83 bits per heavy atom. The number of aromatic nitrogens is 1. The predicted molar refractivity (Wildman–Crippen MR) is 107 cm³/mol. The zero-order valence-electron chi connectivity index (χ0n) is 15.5. The topological polar surface area (TPSA) is 108 Å². The number of thioether (sulfide) groups is 1. The number of esters is 2. The molecule has 0 saturated heterocycles. The minimum Gasteiger partial charge on any atom is -0.462 e. The predicted octanol–water partition coefficient (Wildman–Crippen LogP) is 3.28. The van der Waals surface area contributed by atoms with Crippen molar-refractivity contribution in [1.29, 1.82) is 0 Å². The first kappa shape index (κ1) is 20.4. The summed E-state index contributed by atoms with van der Waals surface area (Å²) < 4.78 is 15.3. The lowest BCUT2D eigenvalue weighted by Gasteiger charge is -2.07. The van der Waals surface area contributed by atoms with Crippen LogP contribution in [0.15, 0.2) is 58.2 Å². The van der Waals surface area contributed by atoms with Crippen LogP contribution in [0, 0.1) is 0 Å². The van der Waals surface area contributed by atoms with Crippen LogP contribution in [0.2, 0.25) is 0 Å². The molecule has 3 aromatic rings. The Morgan fingerprint density at radius 1 is 1.07 bits per heavy atom. The van der Waals surface area contributed by atoms with Crippen molar-refractivity contribution >= 4 is 46.4 Å². The van der Waals surface area contributed by atoms with E-state index in [1.807, 2.05) is 18.2 Å². The third kappa shape index (κ3) is 5.82. The first-order valence-electron chi connectivity index (χ1n) is 8.76. The molecule has 3 rings (SSSR count). The molecule has 1 N–H and O–H groups in total. The molecule has 0 aliphatic heterocycles. The lowest BCUT2D eigenvalue weighted by molar-refractivity contribution is -0.144. The van der Waals surface area contributed by atoms with Gasteiger partial charge in [-0.2, -0.15) is 0 Å². The zero-order chi connectivity index (χ0) is 20.6. The zero-order valence-corrected chi connectivity index (χ0v) is 16.4. The molecule has 0 atom stereocenters. The number of oxazole rings is 1. The van der Waals surface area contributed by atoms with Crippen molar-refractivity contribution in [1.82, 2.24) is 4.98 Å². The third-order valence-corrected chi connectivity index (χ3v) is 4.43. The van der Waals surface area contributed by atoms with E-state index in [2.05, 4.69) is 10.3 Å². The highest BCUT2D eigenvalue weighted by Gasteiger charge is 2.12. The Kier molecular flexibility index (Phi) is 6.85. The van der Waals surface area contributed by atoms with E-state index in [9.17, 15) is 14.4 Å². The highest BCUT2D eigenvalue weighted by atomic mass is 32.2. The normalized spacial score (nSPS) is 10.5. The molecule has 29 heavy (non-hydrogen) atoms. The fourth-order valence-electron chi connectivity index (χ4n) is 2.32. The van der Waals surface area contributed by atoms with Crippen molar-refractivity contribution in [3.63, 3.8) is 0 Å². The molecule has 9 heteroatoms. The van der Waals surface area contributed by atoms with Crippen LogP contribution in [0.5, 0.6) is 0 Å². The van der Waals surface area contributed by atoms with Crippen LogP contribution < -0.4 is 5.32 Å². The van der Waals surface area contributed by atoms with E-state index in [-0.39, 0.29) is 12.4 Å². The molecule has 2 aromatic carbocycles. The van der Waals surface area contributed by atoms with E-state index in [1.165, 1.54) is 12.1 Å². The van der Waals surface area contributed by atoms with Crippen molar-refractivity contribution in [2.75, 3.05) is 24.3 Å². The van der Waals surface area contributed by atoms with Gasteiger partial charge in [0.15, 0.2) is 12.2 Å². The van der Waals surface area contributed by atoms with Crippen molar-refractivity contribution < 1.29 is 28.3 Å². The third-order valence-electron chi connectivity index (χ3n) is 3.63. The van der Waals surface area contributed by atoms with Gasteiger partial charge in [-0.1, -0.05) is 23.9 Å². The minimum atomic E-state index is -0.565. The van der Waals surface area contributed by atoms with E-state index in [4.69, 9.17) is 13.9 Å². The van der Waals surface area contributed by atoms with Gasteiger partial charge in [0.05, 0.1) is 12.2 Å².